The van der Waals surface area contributed by atoms with Crippen molar-refractivity contribution in [1.82, 2.24) is 4.90 Å². The van der Waals surface area contributed by atoms with Crippen LogP contribution in [0.25, 0.3) is 0 Å². The molecule has 1 saturated heterocycles. The molecule has 0 spiro atoms. The summed E-state index contributed by atoms with van der Waals surface area (Å²) in [4.78, 5) is 13.6. The number of nitrogens with zero attached hydrogens (tertiary/aromatic N) is 1. The second-order valence-corrected chi connectivity index (χ2v) is 4.53. The molecule has 1 aliphatic heterocycles. The first-order chi connectivity index (χ1) is 8.69. The van der Waals surface area contributed by atoms with E-state index in [9.17, 15) is 4.79 Å². The Morgan fingerprint density at radius 3 is 2.78 bits per heavy atom. The molecule has 0 radical (unpaired) electrons. The van der Waals surface area contributed by atoms with Gasteiger partial charge in [-0.2, -0.15) is 0 Å². The van der Waals surface area contributed by atoms with E-state index < -0.39 is 0 Å². The highest BCUT2D eigenvalue weighted by Gasteiger charge is 2.25. The zero-order chi connectivity index (χ0) is 13.0. The topological polar surface area (TPSA) is 75.8 Å². The molecule has 0 bridgehead atoms. The highest BCUT2D eigenvalue weighted by atomic mass is 16.5. The summed E-state index contributed by atoms with van der Waals surface area (Å²) in [7, 11) is 0. The molecule has 2 rings (SSSR count). The Balaban J connectivity index is 1.80. The summed E-state index contributed by atoms with van der Waals surface area (Å²) in [6, 6.07) is 6.95. The fraction of sp³-hybridized carbons (Fsp3) is 0.462. The van der Waals surface area contributed by atoms with E-state index in [1.807, 2.05) is 0 Å². The molecule has 0 aliphatic carbocycles. The second kappa shape index (κ2) is 5.73. The fourth-order valence-corrected chi connectivity index (χ4v) is 2.01. The van der Waals surface area contributed by atoms with Crippen molar-refractivity contribution >= 4 is 11.6 Å². The van der Waals surface area contributed by atoms with Gasteiger partial charge in [-0.05, 0) is 30.7 Å². The second-order valence-electron chi connectivity index (χ2n) is 4.53. The van der Waals surface area contributed by atoms with Gasteiger partial charge in [-0.25, -0.2) is 0 Å². The van der Waals surface area contributed by atoms with Crippen molar-refractivity contribution in [2.24, 2.45) is 5.92 Å². The third-order valence-electron chi connectivity index (χ3n) is 3.14. The standard InChI is InChI=1S/C13H18N2O3/c14-11-1-3-12(4-2-11)18-9-13(17)15-6-5-10(7-15)8-16/h1-4,10,16H,5-9,14H2. The van der Waals surface area contributed by atoms with Crippen LogP contribution in [0.15, 0.2) is 24.3 Å². The molecule has 0 saturated carbocycles. The summed E-state index contributed by atoms with van der Waals surface area (Å²) in [6.45, 7) is 1.50. The van der Waals surface area contributed by atoms with Gasteiger partial charge < -0.3 is 20.5 Å². The molecule has 1 amide bonds. The van der Waals surface area contributed by atoms with Gasteiger partial charge in [0.15, 0.2) is 6.61 Å². The molecule has 5 heteroatoms. The number of carbonyl (C=O) groups is 1. The van der Waals surface area contributed by atoms with Gasteiger partial charge in [-0.3, -0.25) is 4.79 Å². The Kier molecular flexibility index (Phi) is 4.04. The van der Waals surface area contributed by atoms with Crippen LogP contribution in [-0.2, 0) is 4.79 Å². The lowest BCUT2D eigenvalue weighted by Gasteiger charge is -2.16. The van der Waals surface area contributed by atoms with Crippen molar-refractivity contribution in [3.8, 4) is 5.75 Å². The summed E-state index contributed by atoms with van der Waals surface area (Å²) >= 11 is 0. The summed E-state index contributed by atoms with van der Waals surface area (Å²) in [5.74, 6) is 0.809. The third kappa shape index (κ3) is 3.13. The largest absolute Gasteiger partial charge is 0.484 e. The SMILES string of the molecule is Nc1ccc(OCC(=O)N2CCC(CO)C2)cc1. The smallest absolute Gasteiger partial charge is 0.260 e. The first-order valence-corrected chi connectivity index (χ1v) is 6.06. The molecule has 18 heavy (non-hydrogen) atoms. The Morgan fingerprint density at radius 2 is 2.17 bits per heavy atom. The van der Waals surface area contributed by atoms with E-state index >= 15 is 0 Å². The van der Waals surface area contributed by atoms with Crippen molar-refractivity contribution < 1.29 is 14.6 Å². The molecule has 0 aromatic heterocycles. The van der Waals surface area contributed by atoms with Crippen molar-refractivity contribution in [3.63, 3.8) is 0 Å². The normalized spacial score (nSPS) is 18.9. The van der Waals surface area contributed by atoms with Crippen LogP contribution < -0.4 is 10.5 Å². The summed E-state index contributed by atoms with van der Waals surface area (Å²) in [6.07, 6.45) is 0.865. The van der Waals surface area contributed by atoms with E-state index in [0.29, 0.717) is 24.5 Å². The number of benzene rings is 1. The quantitative estimate of drug-likeness (QED) is 0.762. The molecule has 1 heterocycles. The van der Waals surface area contributed by atoms with E-state index in [0.717, 1.165) is 6.42 Å². The number of nitrogen functional groups attached to an aromatic ring is 1. The van der Waals surface area contributed by atoms with Crippen molar-refractivity contribution in [3.05, 3.63) is 24.3 Å². The summed E-state index contributed by atoms with van der Waals surface area (Å²) in [5, 5.41) is 9.02. The molecule has 98 valence electrons. The van der Waals surface area contributed by atoms with Crippen LogP contribution >= 0.6 is 0 Å². The number of aliphatic hydroxyl groups is 1. The number of aliphatic hydroxyl groups excluding tert-OH is 1. The minimum atomic E-state index is -0.0391. The Morgan fingerprint density at radius 1 is 1.44 bits per heavy atom. The number of rotatable bonds is 4. The Bertz CT molecular complexity index is 405. The van der Waals surface area contributed by atoms with Gasteiger partial charge in [0.2, 0.25) is 0 Å². The monoisotopic (exact) mass is 250 g/mol. The van der Waals surface area contributed by atoms with Crippen LogP contribution in [0.4, 0.5) is 5.69 Å². The number of anilines is 1. The molecule has 1 atom stereocenters. The van der Waals surface area contributed by atoms with Gasteiger partial charge in [0.05, 0.1) is 0 Å². The molecule has 5 nitrogen and oxygen atoms in total. The number of hydrogen-bond donors (Lipinski definition) is 2. The average molecular weight is 250 g/mol. The maximum atomic E-state index is 11.8. The van der Waals surface area contributed by atoms with E-state index in [1.54, 1.807) is 29.2 Å². The molecular weight excluding hydrogens is 232 g/mol. The fourth-order valence-electron chi connectivity index (χ4n) is 2.01. The minimum absolute atomic E-state index is 0.0298. The van der Waals surface area contributed by atoms with E-state index in [2.05, 4.69) is 0 Å². The molecule has 1 unspecified atom stereocenters. The van der Waals surface area contributed by atoms with Gasteiger partial charge >= 0.3 is 0 Å². The minimum Gasteiger partial charge on any atom is -0.484 e. The lowest BCUT2D eigenvalue weighted by molar-refractivity contribution is -0.132. The number of likely N-dealkylation sites (tertiary alicyclic amines) is 1. The lowest BCUT2D eigenvalue weighted by Crippen LogP contribution is -2.33. The maximum Gasteiger partial charge on any atom is 0.260 e. The number of hydrogen-bond acceptors (Lipinski definition) is 4. The van der Waals surface area contributed by atoms with E-state index in [-0.39, 0.29) is 25.0 Å². The summed E-state index contributed by atoms with van der Waals surface area (Å²) in [5.41, 5.74) is 6.22. The van der Waals surface area contributed by atoms with Gasteiger partial charge in [-0.15, -0.1) is 0 Å². The average Bonchev–Trinajstić information content (AvgIpc) is 2.86. The third-order valence-corrected chi connectivity index (χ3v) is 3.14. The molecule has 3 N–H and O–H groups in total. The van der Waals surface area contributed by atoms with Crippen molar-refractivity contribution in [2.45, 2.75) is 6.42 Å². The number of carbonyl (C=O) groups excluding carboxylic acids is 1. The maximum absolute atomic E-state index is 11.8. The lowest BCUT2D eigenvalue weighted by atomic mass is 10.1. The predicted octanol–water partition coefficient (Wildman–Crippen LogP) is 0.488. The van der Waals surface area contributed by atoms with Crippen LogP contribution in [-0.4, -0.2) is 42.2 Å². The van der Waals surface area contributed by atoms with Gasteiger partial charge in [0, 0.05) is 31.3 Å². The molecular formula is C13H18N2O3. The van der Waals surface area contributed by atoms with Crippen LogP contribution in [0, 0.1) is 5.92 Å². The van der Waals surface area contributed by atoms with Gasteiger partial charge in [0.1, 0.15) is 5.75 Å². The Hall–Kier alpha value is -1.75. The molecule has 1 aromatic rings. The summed E-state index contributed by atoms with van der Waals surface area (Å²) < 4.78 is 5.39. The molecule has 1 aliphatic rings. The number of ether oxygens (including phenoxy) is 1. The van der Waals surface area contributed by atoms with Gasteiger partial charge in [-0.1, -0.05) is 0 Å². The Labute approximate surface area is 106 Å². The molecule has 1 fully saturated rings. The van der Waals surface area contributed by atoms with Crippen LogP contribution in [0.5, 0.6) is 5.75 Å². The molecule has 1 aromatic carbocycles. The zero-order valence-corrected chi connectivity index (χ0v) is 10.2. The van der Waals surface area contributed by atoms with E-state index in [1.165, 1.54) is 0 Å². The van der Waals surface area contributed by atoms with Crippen LogP contribution in [0.2, 0.25) is 0 Å². The predicted molar refractivity (Wildman–Crippen MR) is 68.1 cm³/mol. The van der Waals surface area contributed by atoms with Gasteiger partial charge in [0.25, 0.3) is 5.91 Å². The number of amides is 1. The van der Waals surface area contributed by atoms with E-state index in [4.69, 9.17) is 15.6 Å². The van der Waals surface area contributed by atoms with Crippen molar-refractivity contribution in [2.75, 3.05) is 32.0 Å². The zero-order valence-electron chi connectivity index (χ0n) is 10.2. The first-order valence-electron chi connectivity index (χ1n) is 6.06. The van der Waals surface area contributed by atoms with Crippen molar-refractivity contribution in [1.29, 1.82) is 0 Å². The van der Waals surface area contributed by atoms with Crippen LogP contribution in [0.1, 0.15) is 6.42 Å². The highest BCUT2D eigenvalue weighted by Crippen LogP contribution is 2.16. The van der Waals surface area contributed by atoms with Crippen LogP contribution in [0.3, 0.4) is 0 Å². The highest BCUT2D eigenvalue weighted by molar-refractivity contribution is 5.78. The number of nitrogens with two attached hydrogens (primary N) is 1. The first kappa shape index (κ1) is 12.7.